The van der Waals surface area contributed by atoms with Gasteiger partial charge in [-0.2, -0.15) is 0 Å². The zero-order chi connectivity index (χ0) is 11.1. The van der Waals surface area contributed by atoms with Crippen LogP contribution in [0.5, 0.6) is 0 Å². The molecule has 1 unspecified atom stereocenters. The molecule has 15 heavy (non-hydrogen) atoms. The summed E-state index contributed by atoms with van der Waals surface area (Å²) in [6.07, 6.45) is 0.974. The third-order valence-electron chi connectivity index (χ3n) is 2.17. The maximum atomic E-state index is 6.11. The zero-order valence-electron chi connectivity index (χ0n) is 9.25. The van der Waals surface area contributed by atoms with E-state index in [1.54, 1.807) is 11.3 Å². The topological polar surface area (TPSA) is 21.3 Å². The fraction of sp³-hybridized carbons (Fsp3) is 0.636. The first-order valence-electron chi connectivity index (χ1n) is 5.33. The zero-order valence-corrected chi connectivity index (χ0v) is 10.8. The second-order valence-electron chi connectivity index (χ2n) is 3.23. The molecule has 0 aliphatic carbocycles. The number of halogens is 1. The average molecular weight is 248 g/mol. The molecule has 0 bridgehead atoms. The molecule has 1 aromatic rings. The first-order valence-corrected chi connectivity index (χ1v) is 6.59. The molecule has 1 aromatic heterocycles. The first-order chi connectivity index (χ1) is 7.29. The Labute approximate surface area is 101 Å². The van der Waals surface area contributed by atoms with Crippen LogP contribution in [0.3, 0.4) is 0 Å². The molecule has 2 nitrogen and oxygen atoms in total. The molecule has 0 aromatic carbocycles. The summed E-state index contributed by atoms with van der Waals surface area (Å²) in [6.45, 7) is 6.62. The largest absolute Gasteiger partial charge is 0.382 e. The van der Waals surface area contributed by atoms with E-state index in [0.29, 0.717) is 6.04 Å². The second-order valence-corrected chi connectivity index (χ2v) is 4.58. The van der Waals surface area contributed by atoms with Crippen LogP contribution in [-0.2, 0) is 4.74 Å². The molecule has 0 spiro atoms. The lowest BCUT2D eigenvalue weighted by molar-refractivity contribution is 0.137. The molecule has 4 heteroatoms. The van der Waals surface area contributed by atoms with Crippen molar-refractivity contribution in [2.24, 2.45) is 0 Å². The highest BCUT2D eigenvalue weighted by Crippen LogP contribution is 2.30. The van der Waals surface area contributed by atoms with E-state index in [2.05, 4.69) is 12.2 Å². The van der Waals surface area contributed by atoms with E-state index in [4.69, 9.17) is 16.3 Å². The van der Waals surface area contributed by atoms with Gasteiger partial charge < -0.3 is 10.1 Å². The maximum Gasteiger partial charge on any atom is 0.0561 e. The standard InChI is InChI=1S/C11H18ClNOS/c1-3-13-10(5-7-14-4-2)11-9(12)6-8-15-11/h6,8,10,13H,3-5,7H2,1-2H3. The second kappa shape index (κ2) is 7.23. The number of nitrogens with one attached hydrogen (secondary N) is 1. The normalized spacial score (nSPS) is 13.0. The minimum atomic E-state index is 0.328. The van der Waals surface area contributed by atoms with Crippen molar-refractivity contribution in [3.05, 3.63) is 21.3 Å². The third-order valence-corrected chi connectivity index (χ3v) is 3.64. The van der Waals surface area contributed by atoms with E-state index in [0.717, 1.165) is 31.2 Å². The highest BCUT2D eigenvalue weighted by atomic mass is 35.5. The smallest absolute Gasteiger partial charge is 0.0561 e. The molecule has 1 heterocycles. The van der Waals surface area contributed by atoms with Crippen LogP contribution in [0.15, 0.2) is 11.4 Å². The summed E-state index contributed by atoms with van der Waals surface area (Å²) in [4.78, 5) is 1.22. The summed E-state index contributed by atoms with van der Waals surface area (Å²) in [6, 6.07) is 2.28. The maximum absolute atomic E-state index is 6.11. The lowest BCUT2D eigenvalue weighted by Gasteiger charge is -2.16. The van der Waals surface area contributed by atoms with Crippen molar-refractivity contribution in [1.82, 2.24) is 5.32 Å². The number of thiophene rings is 1. The quantitative estimate of drug-likeness (QED) is 0.745. The van der Waals surface area contributed by atoms with Crippen LogP contribution in [0.4, 0.5) is 0 Å². The SMILES string of the molecule is CCNC(CCOCC)c1sccc1Cl. The van der Waals surface area contributed by atoms with Gasteiger partial charge in [0, 0.05) is 24.1 Å². The molecular weight excluding hydrogens is 230 g/mol. The molecule has 0 saturated carbocycles. The van der Waals surface area contributed by atoms with Crippen molar-refractivity contribution in [3.63, 3.8) is 0 Å². The first kappa shape index (κ1) is 13.0. The Morgan fingerprint density at radius 2 is 2.33 bits per heavy atom. The van der Waals surface area contributed by atoms with E-state index in [-0.39, 0.29) is 0 Å². The Morgan fingerprint density at radius 1 is 1.53 bits per heavy atom. The van der Waals surface area contributed by atoms with Crippen LogP contribution in [0.25, 0.3) is 0 Å². The summed E-state index contributed by atoms with van der Waals surface area (Å²) >= 11 is 7.82. The van der Waals surface area contributed by atoms with Crippen molar-refractivity contribution in [3.8, 4) is 0 Å². The number of rotatable bonds is 7. The van der Waals surface area contributed by atoms with E-state index in [1.165, 1.54) is 4.88 Å². The van der Waals surface area contributed by atoms with Gasteiger partial charge in [0.2, 0.25) is 0 Å². The summed E-state index contributed by atoms with van der Waals surface area (Å²) in [5, 5.41) is 6.32. The minimum absolute atomic E-state index is 0.328. The Hall–Kier alpha value is -0.0900. The predicted molar refractivity (Wildman–Crippen MR) is 66.9 cm³/mol. The summed E-state index contributed by atoms with van der Waals surface area (Å²) in [7, 11) is 0. The molecule has 0 fully saturated rings. The third kappa shape index (κ3) is 4.11. The summed E-state index contributed by atoms with van der Waals surface area (Å²) in [5.74, 6) is 0. The van der Waals surface area contributed by atoms with Crippen LogP contribution in [0, 0.1) is 0 Å². The fourth-order valence-electron chi connectivity index (χ4n) is 1.47. The van der Waals surface area contributed by atoms with Crippen molar-refractivity contribution in [2.45, 2.75) is 26.3 Å². The van der Waals surface area contributed by atoms with Crippen molar-refractivity contribution in [1.29, 1.82) is 0 Å². The van der Waals surface area contributed by atoms with Gasteiger partial charge in [0.25, 0.3) is 0 Å². The molecule has 0 aliphatic heterocycles. The van der Waals surface area contributed by atoms with E-state index in [1.807, 2.05) is 18.4 Å². The number of hydrogen-bond acceptors (Lipinski definition) is 3. The van der Waals surface area contributed by atoms with Gasteiger partial charge in [-0.1, -0.05) is 18.5 Å². The highest BCUT2D eigenvalue weighted by Gasteiger charge is 2.14. The van der Waals surface area contributed by atoms with E-state index in [9.17, 15) is 0 Å². The summed E-state index contributed by atoms with van der Waals surface area (Å²) in [5.41, 5.74) is 0. The monoisotopic (exact) mass is 247 g/mol. The van der Waals surface area contributed by atoms with Gasteiger partial charge in [-0.3, -0.25) is 0 Å². The van der Waals surface area contributed by atoms with Gasteiger partial charge >= 0.3 is 0 Å². The van der Waals surface area contributed by atoms with Gasteiger partial charge in [0.15, 0.2) is 0 Å². The van der Waals surface area contributed by atoms with Crippen molar-refractivity contribution in [2.75, 3.05) is 19.8 Å². The van der Waals surface area contributed by atoms with Crippen molar-refractivity contribution >= 4 is 22.9 Å². The van der Waals surface area contributed by atoms with Crippen molar-refractivity contribution < 1.29 is 4.74 Å². The number of hydrogen-bond donors (Lipinski definition) is 1. The van der Waals surface area contributed by atoms with Crippen LogP contribution in [0.2, 0.25) is 5.02 Å². The van der Waals surface area contributed by atoms with Gasteiger partial charge in [0.05, 0.1) is 5.02 Å². The van der Waals surface area contributed by atoms with Gasteiger partial charge in [-0.15, -0.1) is 11.3 Å². The molecule has 0 amide bonds. The minimum Gasteiger partial charge on any atom is -0.382 e. The average Bonchev–Trinajstić information content (AvgIpc) is 2.64. The lowest BCUT2D eigenvalue weighted by Crippen LogP contribution is -2.21. The molecular formula is C11H18ClNOS. The molecule has 0 aliphatic rings. The number of ether oxygens (including phenoxy) is 1. The molecule has 1 N–H and O–H groups in total. The Kier molecular flexibility index (Phi) is 6.25. The Balaban J connectivity index is 2.53. The summed E-state index contributed by atoms with van der Waals surface area (Å²) < 4.78 is 5.37. The fourth-order valence-corrected chi connectivity index (χ4v) is 2.77. The Morgan fingerprint density at radius 3 is 2.87 bits per heavy atom. The molecule has 0 radical (unpaired) electrons. The van der Waals surface area contributed by atoms with Crippen LogP contribution < -0.4 is 5.32 Å². The molecule has 1 rings (SSSR count). The molecule has 0 saturated heterocycles. The lowest BCUT2D eigenvalue weighted by atomic mass is 10.2. The van der Waals surface area contributed by atoms with Crippen LogP contribution in [-0.4, -0.2) is 19.8 Å². The molecule has 1 atom stereocenters. The highest BCUT2D eigenvalue weighted by molar-refractivity contribution is 7.10. The van der Waals surface area contributed by atoms with Crippen LogP contribution in [0.1, 0.15) is 31.2 Å². The van der Waals surface area contributed by atoms with E-state index >= 15 is 0 Å². The predicted octanol–water partition coefficient (Wildman–Crippen LogP) is 3.48. The van der Waals surface area contributed by atoms with Gasteiger partial charge in [-0.25, -0.2) is 0 Å². The van der Waals surface area contributed by atoms with Crippen LogP contribution >= 0.6 is 22.9 Å². The Bertz CT molecular complexity index is 277. The van der Waals surface area contributed by atoms with Gasteiger partial charge in [-0.05, 0) is 31.3 Å². The molecule has 86 valence electrons. The van der Waals surface area contributed by atoms with Gasteiger partial charge in [0.1, 0.15) is 0 Å². The van der Waals surface area contributed by atoms with E-state index < -0.39 is 0 Å².